The standard InChI is InChI=1S/C19H25N3O3/c1-22-13-14(12-20-22)6-11-19(24)21-15-7-9-16(10-8-15)25-18-5-3-2-4-17(18)23/h7-10,12-13,17-18,23H,2-6,11H2,1H3,(H,21,24). The summed E-state index contributed by atoms with van der Waals surface area (Å²) in [6.07, 6.45) is 8.09. The van der Waals surface area contributed by atoms with Crippen LogP contribution in [0.15, 0.2) is 36.7 Å². The lowest BCUT2D eigenvalue weighted by Crippen LogP contribution is -2.34. The van der Waals surface area contributed by atoms with Gasteiger partial charge in [0.25, 0.3) is 0 Å². The Morgan fingerprint density at radius 3 is 2.76 bits per heavy atom. The molecule has 1 fully saturated rings. The lowest BCUT2D eigenvalue weighted by Gasteiger charge is -2.28. The number of ether oxygens (including phenoxy) is 1. The molecular formula is C19H25N3O3. The molecule has 0 saturated heterocycles. The normalized spacial score (nSPS) is 20.2. The van der Waals surface area contributed by atoms with E-state index in [1.807, 2.05) is 37.5 Å². The number of nitrogens with zero attached hydrogens (tertiary/aromatic N) is 2. The molecule has 0 bridgehead atoms. The Bertz CT molecular complexity index is 696. The van der Waals surface area contributed by atoms with Gasteiger partial charge in [-0.05, 0) is 55.5 Å². The van der Waals surface area contributed by atoms with Crippen LogP contribution in [0.2, 0.25) is 0 Å². The van der Waals surface area contributed by atoms with Crippen LogP contribution in [0.4, 0.5) is 5.69 Å². The van der Waals surface area contributed by atoms with Crippen molar-refractivity contribution in [3.63, 3.8) is 0 Å². The van der Waals surface area contributed by atoms with Gasteiger partial charge < -0.3 is 15.2 Å². The first-order valence-corrected chi connectivity index (χ1v) is 8.82. The van der Waals surface area contributed by atoms with E-state index in [9.17, 15) is 9.90 Å². The van der Waals surface area contributed by atoms with Crippen molar-refractivity contribution in [1.29, 1.82) is 0 Å². The van der Waals surface area contributed by atoms with Crippen LogP contribution >= 0.6 is 0 Å². The first-order chi connectivity index (χ1) is 12.1. The lowest BCUT2D eigenvalue weighted by molar-refractivity contribution is -0.116. The number of anilines is 1. The SMILES string of the molecule is Cn1cc(CCC(=O)Nc2ccc(OC3CCCCC3O)cc2)cn1. The predicted octanol–water partition coefficient (Wildman–Crippen LogP) is 2.67. The average Bonchev–Trinajstić information content (AvgIpc) is 3.02. The Kier molecular flexibility index (Phi) is 5.71. The summed E-state index contributed by atoms with van der Waals surface area (Å²) in [5.41, 5.74) is 1.79. The minimum Gasteiger partial charge on any atom is -0.488 e. The van der Waals surface area contributed by atoms with Crippen LogP contribution in [0.5, 0.6) is 5.75 Å². The van der Waals surface area contributed by atoms with Gasteiger partial charge in [0, 0.05) is 25.4 Å². The van der Waals surface area contributed by atoms with Crippen molar-refractivity contribution < 1.29 is 14.6 Å². The molecule has 0 spiro atoms. The van der Waals surface area contributed by atoms with Crippen LogP contribution in [0.1, 0.15) is 37.7 Å². The van der Waals surface area contributed by atoms with Crippen molar-refractivity contribution in [1.82, 2.24) is 9.78 Å². The fourth-order valence-electron chi connectivity index (χ4n) is 3.09. The zero-order valence-electron chi connectivity index (χ0n) is 14.5. The molecule has 2 aromatic rings. The first kappa shape index (κ1) is 17.5. The highest BCUT2D eigenvalue weighted by Crippen LogP contribution is 2.25. The quantitative estimate of drug-likeness (QED) is 0.845. The topological polar surface area (TPSA) is 76.4 Å². The summed E-state index contributed by atoms with van der Waals surface area (Å²) in [5, 5.41) is 17.0. The van der Waals surface area contributed by atoms with E-state index in [1.165, 1.54) is 0 Å². The van der Waals surface area contributed by atoms with Crippen molar-refractivity contribution >= 4 is 11.6 Å². The molecule has 2 N–H and O–H groups in total. The van der Waals surface area contributed by atoms with Gasteiger partial charge in [-0.25, -0.2) is 0 Å². The molecule has 1 aromatic carbocycles. The molecule has 25 heavy (non-hydrogen) atoms. The van der Waals surface area contributed by atoms with Gasteiger partial charge in [-0.2, -0.15) is 5.10 Å². The van der Waals surface area contributed by atoms with E-state index in [-0.39, 0.29) is 18.1 Å². The lowest BCUT2D eigenvalue weighted by atomic mass is 9.95. The fraction of sp³-hybridized carbons (Fsp3) is 0.474. The van der Waals surface area contributed by atoms with Crippen LogP contribution in [0.25, 0.3) is 0 Å². The third-order valence-electron chi connectivity index (χ3n) is 4.49. The van der Waals surface area contributed by atoms with Crippen LogP contribution in [0, 0.1) is 0 Å². The Hall–Kier alpha value is -2.34. The zero-order chi connectivity index (χ0) is 17.6. The number of hydrogen-bond donors (Lipinski definition) is 2. The van der Waals surface area contributed by atoms with Crippen LogP contribution in [-0.2, 0) is 18.3 Å². The molecular weight excluding hydrogens is 318 g/mol. The number of aryl methyl sites for hydroxylation is 2. The third kappa shape index (κ3) is 5.06. The molecule has 6 heteroatoms. The molecule has 2 atom stereocenters. The largest absolute Gasteiger partial charge is 0.488 e. The Labute approximate surface area is 147 Å². The van der Waals surface area contributed by atoms with Gasteiger partial charge in [0.05, 0.1) is 12.3 Å². The van der Waals surface area contributed by atoms with Crippen molar-refractivity contribution in [3.8, 4) is 5.75 Å². The number of aliphatic hydroxyl groups is 1. The summed E-state index contributed by atoms with van der Waals surface area (Å²) in [4.78, 5) is 12.0. The molecule has 2 unspecified atom stereocenters. The van der Waals surface area contributed by atoms with Gasteiger partial charge in [-0.3, -0.25) is 9.48 Å². The number of aliphatic hydroxyl groups excluding tert-OH is 1. The van der Waals surface area contributed by atoms with Gasteiger partial charge in [0.2, 0.25) is 5.91 Å². The van der Waals surface area contributed by atoms with Gasteiger partial charge >= 0.3 is 0 Å². The third-order valence-corrected chi connectivity index (χ3v) is 4.49. The average molecular weight is 343 g/mol. The van der Waals surface area contributed by atoms with E-state index in [0.717, 1.165) is 42.7 Å². The Balaban J connectivity index is 1.47. The molecule has 0 aliphatic heterocycles. The van der Waals surface area contributed by atoms with E-state index in [1.54, 1.807) is 10.9 Å². The molecule has 1 aliphatic carbocycles. The maximum absolute atomic E-state index is 12.0. The highest BCUT2D eigenvalue weighted by atomic mass is 16.5. The summed E-state index contributed by atoms with van der Waals surface area (Å²) >= 11 is 0. The van der Waals surface area contributed by atoms with Crippen LogP contribution in [-0.4, -0.2) is 33.0 Å². The summed E-state index contributed by atoms with van der Waals surface area (Å²) < 4.78 is 7.59. The van der Waals surface area contributed by atoms with Gasteiger partial charge in [-0.15, -0.1) is 0 Å². The van der Waals surface area contributed by atoms with Gasteiger partial charge in [-0.1, -0.05) is 6.42 Å². The number of carbonyl (C=O) groups excluding carboxylic acids is 1. The van der Waals surface area contributed by atoms with E-state index in [2.05, 4.69) is 10.4 Å². The van der Waals surface area contributed by atoms with E-state index < -0.39 is 0 Å². The number of rotatable bonds is 6. The summed E-state index contributed by atoms with van der Waals surface area (Å²) in [6.45, 7) is 0. The number of carbonyl (C=O) groups is 1. The molecule has 1 amide bonds. The molecule has 6 nitrogen and oxygen atoms in total. The number of aromatic nitrogens is 2. The van der Waals surface area contributed by atoms with E-state index in [0.29, 0.717) is 12.8 Å². The highest BCUT2D eigenvalue weighted by Gasteiger charge is 2.24. The highest BCUT2D eigenvalue weighted by molar-refractivity contribution is 5.90. The number of amides is 1. The number of benzene rings is 1. The molecule has 1 aliphatic rings. The predicted molar refractivity (Wildman–Crippen MR) is 95.5 cm³/mol. The van der Waals surface area contributed by atoms with Crippen molar-refractivity contribution in [3.05, 3.63) is 42.2 Å². The zero-order valence-corrected chi connectivity index (χ0v) is 14.5. The number of hydrogen-bond acceptors (Lipinski definition) is 4. The van der Waals surface area contributed by atoms with Gasteiger partial charge in [0.15, 0.2) is 0 Å². The second-order valence-electron chi connectivity index (χ2n) is 6.60. The van der Waals surface area contributed by atoms with Crippen LogP contribution < -0.4 is 10.1 Å². The van der Waals surface area contributed by atoms with Crippen molar-refractivity contribution in [2.45, 2.75) is 50.7 Å². The maximum Gasteiger partial charge on any atom is 0.224 e. The summed E-state index contributed by atoms with van der Waals surface area (Å²) in [7, 11) is 1.86. The second-order valence-corrected chi connectivity index (χ2v) is 6.60. The maximum atomic E-state index is 12.0. The molecule has 1 saturated carbocycles. The summed E-state index contributed by atoms with van der Waals surface area (Å²) in [6, 6.07) is 7.31. The monoisotopic (exact) mass is 343 g/mol. The van der Waals surface area contributed by atoms with Crippen molar-refractivity contribution in [2.75, 3.05) is 5.32 Å². The molecule has 134 valence electrons. The fourth-order valence-corrected chi connectivity index (χ4v) is 3.09. The van der Waals surface area contributed by atoms with Crippen LogP contribution in [0.3, 0.4) is 0 Å². The van der Waals surface area contributed by atoms with E-state index >= 15 is 0 Å². The van der Waals surface area contributed by atoms with Crippen molar-refractivity contribution in [2.24, 2.45) is 7.05 Å². The van der Waals surface area contributed by atoms with E-state index in [4.69, 9.17) is 4.74 Å². The molecule has 1 heterocycles. The molecule has 0 radical (unpaired) electrons. The molecule has 1 aromatic heterocycles. The number of nitrogens with one attached hydrogen (secondary N) is 1. The molecule has 3 rings (SSSR count). The summed E-state index contributed by atoms with van der Waals surface area (Å²) in [5.74, 6) is 0.694. The smallest absolute Gasteiger partial charge is 0.224 e. The Morgan fingerprint density at radius 2 is 2.08 bits per heavy atom. The van der Waals surface area contributed by atoms with Gasteiger partial charge in [0.1, 0.15) is 11.9 Å². The minimum atomic E-state index is -0.388. The minimum absolute atomic E-state index is 0.0276. The first-order valence-electron chi connectivity index (χ1n) is 8.82. The Morgan fingerprint density at radius 1 is 1.32 bits per heavy atom. The second kappa shape index (κ2) is 8.16.